The first-order valence-electron chi connectivity index (χ1n) is 5.28. The number of hydrogen-bond donors (Lipinski definition) is 1. The Labute approximate surface area is 74.6 Å². The number of aliphatic hydroxyl groups is 1. The second-order valence-electron chi connectivity index (χ2n) is 4.23. The molecular weight excluding hydrogens is 150 g/mol. The van der Waals surface area contributed by atoms with Crippen LogP contribution < -0.4 is 0 Å². The van der Waals surface area contributed by atoms with Gasteiger partial charge in [0.1, 0.15) is 0 Å². The Morgan fingerprint density at radius 1 is 1.00 bits per heavy atom. The maximum Gasteiger partial charge on any atom is 0.0667 e. The van der Waals surface area contributed by atoms with Crippen molar-refractivity contribution < 1.29 is 5.11 Å². The summed E-state index contributed by atoms with van der Waals surface area (Å²) in [5.41, 5.74) is 0. The zero-order chi connectivity index (χ0) is 8.39. The van der Waals surface area contributed by atoms with Crippen molar-refractivity contribution in [2.75, 3.05) is 13.1 Å². The molecule has 1 atom stereocenters. The quantitative estimate of drug-likeness (QED) is 0.641. The lowest BCUT2D eigenvalue weighted by atomic mass is 10.1. The van der Waals surface area contributed by atoms with Gasteiger partial charge in [-0.3, -0.25) is 4.90 Å². The van der Waals surface area contributed by atoms with Crippen molar-refractivity contribution in [3.8, 4) is 0 Å². The van der Waals surface area contributed by atoms with Gasteiger partial charge in [0.25, 0.3) is 0 Å². The zero-order valence-corrected chi connectivity index (χ0v) is 7.71. The molecule has 1 saturated carbocycles. The van der Waals surface area contributed by atoms with Crippen molar-refractivity contribution in [2.45, 2.75) is 50.7 Å². The molecule has 1 aliphatic heterocycles. The molecule has 2 aliphatic rings. The largest absolute Gasteiger partial charge is 0.392 e. The Hall–Kier alpha value is -0.0800. The Bertz CT molecular complexity index is 143. The normalized spacial score (nSPS) is 34.2. The molecule has 1 N–H and O–H groups in total. The van der Waals surface area contributed by atoms with Crippen LogP contribution in [-0.4, -0.2) is 35.2 Å². The molecule has 1 saturated heterocycles. The number of rotatable bonds is 1. The molecule has 0 radical (unpaired) electrons. The van der Waals surface area contributed by atoms with Gasteiger partial charge in [0.15, 0.2) is 0 Å². The molecule has 1 unspecified atom stereocenters. The van der Waals surface area contributed by atoms with Crippen LogP contribution in [0.15, 0.2) is 0 Å². The van der Waals surface area contributed by atoms with Gasteiger partial charge in [0.2, 0.25) is 0 Å². The average Bonchev–Trinajstić information content (AvgIpc) is 2.56. The Morgan fingerprint density at radius 2 is 1.75 bits per heavy atom. The van der Waals surface area contributed by atoms with Gasteiger partial charge in [-0.15, -0.1) is 0 Å². The maximum atomic E-state index is 9.50. The average molecular weight is 169 g/mol. The third-order valence-corrected chi connectivity index (χ3v) is 3.27. The molecule has 0 aromatic carbocycles. The molecule has 0 bridgehead atoms. The van der Waals surface area contributed by atoms with E-state index in [1.165, 1.54) is 38.6 Å². The third-order valence-electron chi connectivity index (χ3n) is 3.27. The second kappa shape index (κ2) is 3.75. The van der Waals surface area contributed by atoms with Crippen LogP contribution >= 0.6 is 0 Å². The molecule has 2 nitrogen and oxygen atoms in total. The predicted molar refractivity (Wildman–Crippen MR) is 49.1 cm³/mol. The monoisotopic (exact) mass is 169 g/mol. The third kappa shape index (κ3) is 1.80. The Morgan fingerprint density at radius 3 is 2.42 bits per heavy atom. The molecule has 0 amide bonds. The first kappa shape index (κ1) is 8.52. The SMILES string of the molecule is OC1CCCN(C2CCCC2)C1. The van der Waals surface area contributed by atoms with Crippen LogP contribution in [0, 0.1) is 0 Å². The van der Waals surface area contributed by atoms with Crippen LogP contribution in [0.4, 0.5) is 0 Å². The van der Waals surface area contributed by atoms with E-state index in [2.05, 4.69) is 4.90 Å². The first-order chi connectivity index (χ1) is 5.86. The van der Waals surface area contributed by atoms with Gasteiger partial charge in [0.05, 0.1) is 6.10 Å². The van der Waals surface area contributed by atoms with Crippen LogP contribution in [0.5, 0.6) is 0 Å². The van der Waals surface area contributed by atoms with E-state index >= 15 is 0 Å². The van der Waals surface area contributed by atoms with E-state index in [1.807, 2.05) is 0 Å². The van der Waals surface area contributed by atoms with Gasteiger partial charge in [-0.2, -0.15) is 0 Å². The number of hydrogen-bond acceptors (Lipinski definition) is 2. The summed E-state index contributed by atoms with van der Waals surface area (Å²) in [5.74, 6) is 0. The smallest absolute Gasteiger partial charge is 0.0667 e. The van der Waals surface area contributed by atoms with Crippen molar-refractivity contribution in [1.29, 1.82) is 0 Å². The number of β-amino-alcohol motifs (C(OH)–C–C–N with tert-alkyl or cyclic N) is 1. The minimum atomic E-state index is -0.0423. The summed E-state index contributed by atoms with van der Waals surface area (Å²) in [4.78, 5) is 2.50. The van der Waals surface area contributed by atoms with E-state index in [-0.39, 0.29) is 6.10 Å². The molecule has 1 heterocycles. The number of nitrogens with zero attached hydrogens (tertiary/aromatic N) is 1. The van der Waals surface area contributed by atoms with Gasteiger partial charge < -0.3 is 5.11 Å². The number of piperidine rings is 1. The van der Waals surface area contributed by atoms with Gasteiger partial charge in [-0.25, -0.2) is 0 Å². The Balaban J connectivity index is 1.85. The molecule has 1 aliphatic carbocycles. The molecule has 0 spiro atoms. The highest BCUT2D eigenvalue weighted by molar-refractivity contribution is 4.81. The van der Waals surface area contributed by atoms with Crippen LogP contribution in [0.25, 0.3) is 0 Å². The lowest BCUT2D eigenvalue weighted by Crippen LogP contribution is -2.43. The standard InChI is InChI=1S/C10H19NO/c12-10-6-3-7-11(8-10)9-4-1-2-5-9/h9-10,12H,1-8H2. The fourth-order valence-electron chi connectivity index (χ4n) is 2.58. The van der Waals surface area contributed by atoms with E-state index in [9.17, 15) is 5.11 Å². The molecule has 2 fully saturated rings. The van der Waals surface area contributed by atoms with Gasteiger partial charge in [0, 0.05) is 12.6 Å². The maximum absolute atomic E-state index is 9.50. The van der Waals surface area contributed by atoms with Crippen molar-refractivity contribution in [3.05, 3.63) is 0 Å². The molecule has 70 valence electrons. The number of likely N-dealkylation sites (tertiary alicyclic amines) is 1. The minimum absolute atomic E-state index is 0.0423. The van der Waals surface area contributed by atoms with Gasteiger partial charge in [-0.05, 0) is 32.2 Å². The van der Waals surface area contributed by atoms with Gasteiger partial charge >= 0.3 is 0 Å². The molecule has 2 rings (SSSR count). The summed E-state index contributed by atoms with van der Waals surface area (Å²) >= 11 is 0. The fourth-order valence-corrected chi connectivity index (χ4v) is 2.58. The van der Waals surface area contributed by atoms with E-state index in [0.717, 1.165) is 19.0 Å². The molecule has 0 aromatic rings. The highest BCUT2D eigenvalue weighted by atomic mass is 16.3. The zero-order valence-electron chi connectivity index (χ0n) is 7.71. The summed E-state index contributed by atoms with van der Waals surface area (Å²) < 4.78 is 0. The molecule has 0 aromatic heterocycles. The van der Waals surface area contributed by atoms with E-state index in [0.29, 0.717) is 0 Å². The van der Waals surface area contributed by atoms with E-state index in [4.69, 9.17) is 0 Å². The van der Waals surface area contributed by atoms with Crippen molar-refractivity contribution in [1.82, 2.24) is 4.90 Å². The second-order valence-corrected chi connectivity index (χ2v) is 4.23. The predicted octanol–water partition coefficient (Wildman–Crippen LogP) is 1.39. The van der Waals surface area contributed by atoms with Crippen molar-refractivity contribution >= 4 is 0 Å². The highest BCUT2D eigenvalue weighted by Crippen LogP contribution is 2.25. The topological polar surface area (TPSA) is 23.5 Å². The Kier molecular flexibility index (Phi) is 2.66. The van der Waals surface area contributed by atoms with Crippen molar-refractivity contribution in [2.24, 2.45) is 0 Å². The first-order valence-corrected chi connectivity index (χ1v) is 5.28. The fraction of sp³-hybridized carbons (Fsp3) is 1.00. The minimum Gasteiger partial charge on any atom is -0.392 e. The van der Waals surface area contributed by atoms with E-state index < -0.39 is 0 Å². The van der Waals surface area contributed by atoms with Crippen molar-refractivity contribution in [3.63, 3.8) is 0 Å². The molecule has 12 heavy (non-hydrogen) atoms. The number of aliphatic hydroxyl groups excluding tert-OH is 1. The lowest BCUT2D eigenvalue weighted by molar-refractivity contribution is 0.0479. The summed E-state index contributed by atoms with van der Waals surface area (Å²) in [7, 11) is 0. The highest BCUT2D eigenvalue weighted by Gasteiger charge is 2.26. The summed E-state index contributed by atoms with van der Waals surface area (Å²) in [5, 5.41) is 9.50. The van der Waals surface area contributed by atoms with Crippen LogP contribution in [0.3, 0.4) is 0 Å². The molecule has 2 heteroatoms. The summed E-state index contributed by atoms with van der Waals surface area (Å²) in [6.07, 6.45) is 7.70. The summed E-state index contributed by atoms with van der Waals surface area (Å²) in [6, 6.07) is 0.806. The van der Waals surface area contributed by atoms with Crippen LogP contribution in [0.2, 0.25) is 0 Å². The van der Waals surface area contributed by atoms with Crippen LogP contribution in [-0.2, 0) is 0 Å². The van der Waals surface area contributed by atoms with Crippen LogP contribution in [0.1, 0.15) is 38.5 Å². The molecular formula is C10H19NO. The summed E-state index contributed by atoms with van der Waals surface area (Å²) in [6.45, 7) is 2.16. The lowest BCUT2D eigenvalue weighted by Gasteiger charge is -2.34. The van der Waals surface area contributed by atoms with E-state index in [1.54, 1.807) is 0 Å². The van der Waals surface area contributed by atoms with Gasteiger partial charge in [-0.1, -0.05) is 12.8 Å².